The van der Waals surface area contributed by atoms with Gasteiger partial charge in [0.15, 0.2) is 6.10 Å². The highest BCUT2D eigenvalue weighted by Crippen LogP contribution is 2.16. The molecule has 0 aliphatic heterocycles. The van der Waals surface area contributed by atoms with E-state index < -0.39 is 6.10 Å². The highest BCUT2D eigenvalue weighted by molar-refractivity contribution is 5.71. The molecule has 0 N–H and O–H groups in total. The van der Waals surface area contributed by atoms with Crippen LogP contribution >= 0.6 is 0 Å². The van der Waals surface area contributed by atoms with Crippen LogP contribution < -0.4 is 0 Å². The van der Waals surface area contributed by atoms with Crippen LogP contribution in [0.3, 0.4) is 0 Å². The smallest absolute Gasteiger partial charge is 0.306 e. The van der Waals surface area contributed by atoms with Crippen LogP contribution in [0.2, 0.25) is 0 Å². The molecule has 0 amide bonds. The fourth-order valence-corrected chi connectivity index (χ4v) is 9.32. The molecule has 0 radical (unpaired) electrons. The van der Waals surface area contributed by atoms with Gasteiger partial charge in [-0.1, -0.05) is 279 Å². The maximum absolute atomic E-state index is 12.9. The number of carbonyl (C=O) groups excluding carboxylic acids is 3. The van der Waals surface area contributed by atoms with Crippen LogP contribution in [0.5, 0.6) is 0 Å². The summed E-state index contributed by atoms with van der Waals surface area (Å²) in [4.78, 5) is 38.3. The van der Waals surface area contributed by atoms with Crippen molar-refractivity contribution in [2.24, 2.45) is 0 Å². The number of ether oxygens (including phenoxy) is 3. The first-order chi connectivity index (χ1) is 38.5. The van der Waals surface area contributed by atoms with Crippen LogP contribution in [-0.4, -0.2) is 37.2 Å². The summed E-state index contributed by atoms with van der Waals surface area (Å²) in [6, 6.07) is 0. The van der Waals surface area contributed by atoms with Crippen molar-refractivity contribution in [1.29, 1.82) is 0 Å². The summed E-state index contributed by atoms with van der Waals surface area (Å²) in [6.45, 7) is 6.50. The Kier molecular flexibility index (Phi) is 62.7. The van der Waals surface area contributed by atoms with Gasteiger partial charge in [-0.2, -0.15) is 0 Å². The lowest BCUT2D eigenvalue weighted by Gasteiger charge is -2.18. The molecule has 0 saturated heterocycles. The maximum atomic E-state index is 12.9. The maximum Gasteiger partial charge on any atom is 0.306 e. The van der Waals surface area contributed by atoms with E-state index in [-0.39, 0.29) is 31.1 Å². The summed E-state index contributed by atoms with van der Waals surface area (Å²) in [6.07, 6.45) is 88.5. The normalized spacial score (nSPS) is 12.7. The van der Waals surface area contributed by atoms with E-state index in [1.54, 1.807) is 0 Å². The lowest BCUT2D eigenvalue weighted by molar-refractivity contribution is -0.167. The molecule has 0 fully saturated rings. The molecule has 0 bridgehead atoms. The minimum Gasteiger partial charge on any atom is -0.462 e. The second kappa shape index (κ2) is 65.8. The Hall–Kier alpha value is -3.67. The Morgan fingerprint density at radius 1 is 0.269 bits per heavy atom. The van der Waals surface area contributed by atoms with Crippen LogP contribution in [0.25, 0.3) is 0 Å². The molecule has 448 valence electrons. The van der Waals surface area contributed by atoms with Crippen molar-refractivity contribution in [2.75, 3.05) is 13.2 Å². The average molecular weight is 1090 g/mol. The lowest BCUT2D eigenvalue weighted by atomic mass is 10.0. The Bertz CT molecular complexity index is 1530. The molecule has 0 aliphatic rings. The zero-order valence-electron chi connectivity index (χ0n) is 51.4. The van der Waals surface area contributed by atoms with Gasteiger partial charge < -0.3 is 14.2 Å². The van der Waals surface area contributed by atoms with Crippen molar-refractivity contribution in [3.8, 4) is 0 Å². The third-order valence-electron chi connectivity index (χ3n) is 14.3. The van der Waals surface area contributed by atoms with Gasteiger partial charge in [-0.3, -0.25) is 14.4 Å². The predicted octanol–water partition coefficient (Wildman–Crippen LogP) is 22.8. The van der Waals surface area contributed by atoms with Crippen molar-refractivity contribution < 1.29 is 28.6 Å². The Morgan fingerprint density at radius 3 is 0.795 bits per heavy atom. The van der Waals surface area contributed by atoms with Gasteiger partial charge in [0.05, 0.1) is 0 Å². The van der Waals surface area contributed by atoms with Crippen molar-refractivity contribution in [3.63, 3.8) is 0 Å². The van der Waals surface area contributed by atoms with Crippen molar-refractivity contribution in [1.82, 2.24) is 0 Å². The first-order valence-corrected chi connectivity index (χ1v) is 33.2. The third-order valence-corrected chi connectivity index (χ3v) is 14.3. The molecular weight excluding hydrogens is 961 g/mol. The quantitative estimate of drug-likeness (QED) is 0.0261. The minimum atomic E-state index is -0.794. The second-order valence-electron chi connectivity index (χ2n) is 22.0. The van der Waals surface area contributed by atoms with Gasteiger partial charge in [-0.15, -0.1) is 0 Å². The summed E-state index contributed by atoms with van der Waals surface area (Å²) in [5.74, 6) is -0.910. The first kappa shape index (κ1) is 74.3. The first-order valence-electron chi connectivity index (χ1n) is 33.2. The van der Waals surface area contributed by atoms with Crippen LogP contribution in [0, 0.1) is 0 Å². The fourth-order valence-electron chi connectivity index (χ4n) is 9.32. The Labute approximate surface area is 483 Å². The summed E-state index contributed by atoms with van der Waals surface area (Å²) in [7, 11) is 0. The van der Waals surface area contributed by atoms with Crippen LogP contribution in [0.1, 0.15) is 323 Å². The van der Waals surface area contributed by atoms with E-state index in [1.807, 2.05) is 0 Å². The third kappa shape index (κ3) is 63.2. The standard InChI is InChI=1S/C72H124O6/c1-4-7-10-13-16-19-22-25-28-30-31-32-33-34-35-36-37-38-39-40-41-42-45-47-50-53-56-59-62-65-71(74)77-68-69(67-76-70(73)64-61-58-55-52-49-46-43-27-24-21-18-15-12-9-6-3)78-72(75)66-63-60-57-54-51-48-44-29-26-23-20-17-14-11-8-5-2/h9,12,18,20-23,25,27,29-31,33-34,43-44,69H,4-8,10-11,13-17,19,24,26,28,32,35-42,45-68H2,1-3H3/b12-9-,21-18-,23-20-,25-22-,31-30-,34-33-,43-27-,44-29-. The van der Waals surface area contributed by atoms with Gasteiger partial charge in [0.1, 0.15) is 13.2 Å². The number of esters is 3. The van der Waals surface area contributed by atoms with Crippen LogP contribution in [0.15, 0.2) is 97.2 Å². The van der Waals surface area contributed by atoms with E-state index in [1.165, 1.54) is 148 Å². The Morgan fingerprint density at radius 2 is 0.500 bits per heavy atom. The molecule has 0 spiro atoms. The molecule has 6 nitrogen and oxygen atoms in total. The Balaban J connectivity index is 4.28. The van der Waals surface area contributed by atoms with E-state index in [0.29, 0.717) is 19.3 Å². The van der Waals surface area contributed by atoms with E-state index in [2.05, 4.69) is 118 Å². The topological polar surface area (TPSA) is 78.9 Å². The van der Waals surface area contributed by atoms with Gasteiger partial charge in [0, 0.05) is 19.3 Å². The lowest BCUT2D eigenvalue weighted by Crippen LogP contribution is -2.30. The van der Waals surface area contributed by atoms with E-state index >= 15 is 0 Å². The predicted molar refractivity (Wildman–Crippen MR) is 339 cm³/mol. The number of hydrogen-bond acceptors (Lipinski definition) is 6. The summed E-state index contributed by atoms with van der Waals surface area (Å²) in [5, 5.41) is 0. The number of rotatable bonds is 60. The van der Waals surface area contributed by atoms with Gasteiger partial charge in [-0.25, -0.2) is 0 Å². The van der Waals surface area contributed by atoms with Gasteiger partial charge in [0.25, 0.3) is 0 Å². The van der Waals surface area contributed by atoms with Crippen molar-refractivity contribution >= 4 is 17.9 Å². The van der Waals surface area contributed by atoms with Crippen LogP contribution in [-0.2, 0) is 28.6 Å². The molecule has 1 unspecified atom stereocenters. The highest BCUT2D eigenvalue weighted by Gasteiger charge is 2.19. The van der Waals surface area contributed by atoms with Crippen molar-refractivity contribution in [3.05, 3.63) is 97.2 Å². The van der Waals surface area contributed by atoms with E-state index in [9.17, 15) is 14.4 Å². The molecule has 0 aromatic carbocycles. The molecule has 0 aromatic heterocycles. The minimum absolute atomic E-state index is 0.0882. The average Bonchev–Trinajstić information content (AvgIpc) is 3.44. The monoisotopic (exact) mass is 1080 g/mol. The zero-order chi connectivity index (χ0) is 56.4. The highest BCUT2D eigenvalue weighted by atomic mass is 16.6. The molecular formula is C72H124O6. The largest absolute Gasteiger partial charge is 0.462 e. The number of allylic oxidation sites excluding steroid dienone is 16. The number of hydrogen-bond donors (Lipinski definition) is 0. The van der Waals surface area contributed by atoms with Gasteiger partial charge in [-0.05, 0) is 122 Å². The van der Waals surface area contributed by atoms with Crippen molar-refractivity contribution in [2.45, 2.75) is 329 Å². The molecule has 1 atom stereocenters. The molecule has 0 aliphatic carbocycles. The molecule has 0 rings (SSSR count). The molecule has 0 saturated carbocycles. The zero-order valence-corrected chi connectivity index (χ0v) is 51.4. The van der Waals surface area contributed by atoms with Gasteiger partial charge >= 0.3 is 17.9 Å². The molecule has 6 heteroatoms. The summed E-state index contributed by atoms with van der Waals surface area (Å²) >= 11 is 0. The molecule has 0 aromatic rings. The summed E-state index contributed by atoms with van der Waals surface area (Å²) < 4.78 is 16.9. The fraction of sp³-hybridized carbons (Fsp3) is 0.736. The van der Waals surface area contributed by atoms with E-state index in [0.717, 1.165) is 135 Å². The SMILES string of the molecule is CC/C=C\C/C=C\C/C=C\CCCCCCCC(=O)OCC(COC(=O)CCCCCCCCCCCCCCCC/C=C\C/C=C\C/C=C\CCCCCCC)OC(=O)CCCCCCC/C=C\C/C=C\CCCCCC. The van der Waals surface area contributed by atoms with E-state index in [4.69, 9.17) is 14.2 Å². The number of unbranched alkanes of at least 4 members (excludes halogenated alkanes) is 33. The van der Waals surface area contributed by atoms with Gasteiger partial charge in [0.2, 0.25) is 0 Å². The molecule has 0 heterocycles. The summed E-state index contributed by atoms with van der Waals surface area (Å²) in [5.41, 5.74) is 0. The number of carbonyl (C=O) groups is 3. The molecule has 78 heavy (non-hydrogen) atoms. The second-order valence-corrected chi connectivity index (χ2v) is 22.0. The van der Waals surface area contributed by atoms with Crippen LogP contribution in [0.4, 0.5) is 0 Å².